The van der Waals surface area contributed by atoms with Crippen LogP contribution in [0.1, 0.15) is 16.9 Å². The number of thiophene rings is 1. The van der Waals surface area contributed by atoms with E-state index in [1.165, 1.54) is 11.3 Å². The van der Waals surface area contributed by atoms with Gasteiger partial charge in [-0.25, -0.2) is 4.98 Å². The highest BCUT2D eigenvalue weighted by molar-refractivity contribution is 7.21. The first-order chi connectivity index (χ1) is 12.1. The van der Waals surface area contributed by atoms with Crippen molar-refractivity contribution in [1.29, 1.82) is 0 Å². The minimum Gasteiger partial charge on any atom is -0.483 e. The molecule has 0 aliphatic rings. The van der Waals surface area contributed by atoms with Crippen molar-refractivity contribution < 1.29 is 9.53 Å². The quantitative estimate of drug-likeness (QED) is 0.551. The van der Waals surface area contributed by atoms with Crippen LogP contribution in [0.4, 0.5) is 5.13 Å². The Bertz CT molecular complexity index is 1070. The van der Waals surface area contributed by atoms with E-state index in [4.69, 9.17) is 4.74 Å². The average Bonchev–Trinajstić information content (AvgIpc) is 3.30. The highest BCUT2D eigenvalue weighted by Crippen LogP contribution is 2.38. The summed E-state index contributed by atoms with van der Waals surface area (Å²) in [6.45, 7) is 3.92. The van der Waals surface area contributed by atoms with E-state index in [0.29, 0.717) is 10.9 Å². The van der Waals surface area contributed by atoms with E-state index in [-0.39, 0.29) is 12.5 Å². The minimum absolute atomic E-state index is 0.0741. The lowest BCUT2D eigenvalue weighted by atomic mass is 10.2. The van der Waals surface area contributed by atoms with Crippen LogP contribution in [-0.4, -0.2) is 27.7 Å². The van der Waals surface area contributed by atoms with Gasteiger partial charge in [-0.3, -0.25) is 10.1 Å². The molecule has 0 saturated carbocycles. The van der Waals surface area contributed by atoms with Gasteiger partial charge in [0, 0.05) is 11.5 Å². The van der Waals surface area contributed by atoms with Crippen molar-refractivity contribution in [2.24, 2.45) is 0 Å². The van der Waals surface area contributed by atoms with Crippen LogP contribution in [-0.2, 0) is 11.2 Å². The Morgan fingerprint density at radius 2 is 2.20 bits per heavy atom. The molecule has 6 nitrogen and oxygen atoms in total. The van der Waals surface area contributed by atoms with Crippen molar-refractivity contribution in [2.75, 3.05) is 11.9 Å². The van der Waals surface area contributed by atoms with Crippen molar-refractivity contribution in [2.45, 2.75) is 20.3 Å². The summed E-state index contributed by atoms with van der Waals surface area (Å²) in [6, 6.07) is 3.96. The summed E-state index contributed by atoms with van der Waals surface area (Å²) >= 11 is 4.64. The largest absolute Gasteiger partial charge is 0.483 e. The van der Waals surface area contributed by atoms with Crippen molar-refractivity contribution >= 4 is 65.4 Å². The zero-order valence-corrected chi connectivity index (χ0v) is 16.0. The second-order valence-corrected chi connectivity index (χ2v) is 8.52. The average molecular weight is 391 g/mol. The molecule has 1 N–H and O–H groups in total. The van der Waals surface area contributed by atoms with E-state index in [2.05, 4.69) is 20.5 Å². The van der Waals surface area contributed by atoms with E-state index in [1.807, 2.05) is 31.4 Å². The van der Waals surface area contributed by atoms with Crippen LogP contribution in [0.5, 0.6) is 5.75 Å². The van der Waals surface area contributed by atoms with Gasteiger partial charge in [-0.1, -0.05) is 18.3 Å². The Morgan fingerprint density at radius 1 is 1.32 bits per heavy atom. The predicted molar refractivity (Wildman–Crippen MR) is 103 cm³/mol. The molecule has 9 heteroatoms. The number of nitrogens with one attached hydrogen (secondary N) is 1. The number of hydrogen-bond acceptors (Lipinski definition) is 8. The standard InChI is InChI=1S/C16H14N4O2S3/c1-3-13-19-20-16(25-13)18-12(21)7-22-10-6-11-14(17-8(2)24-11)15-9(10)4-5-23-15/h4-6H,3,7H2,1-2H3,(H,18,20,21). The SMILES string of the molecule is CCc1nnc(NC(=O)COc2cc3sc(C)nc3c3sccc23)s1. The minimum atomic E-state index is -0.247. The second kappa shape index (κ2) is 6.66. The molecule has 0 radical (unpaired) electrons. The summed E-state index contributed by atoms with van der Waals surface area (Å²) in [5.41, 5.74) is 1.00. The normalized spacial score (nSPS) is 11.3. The Morgan fingerprint density at radius 3 is 3.00 bits per heavy atom. The van der Waals surface area contributed by atoms with Crippen LogP contribution in [0.25, 0.3) is 20.3 Å². The topological polar surface area (TPSA) is 77.0 Å². The van der Waals surface area contributed by atoms with E-state index < -0.39 is 0 Å². The summed E-state index contributed by atoms with van der Waals surface area (Å²) in [7, 11) is 0. The Hall–Kier alpha value is -2.10. The fraction of sp³-hybridized carbons (Fsp3) is 0.250. The molecule has 128 valence electrons. The van der Waals surface area contributed by atoms with Gasteiger partial charge in [0.05, 0.1) is 19.9 Å². The molecule has 3 heterocycles. The summed E-state index contributed by atoms with van der Waals surface area (Å²) in [6.07, 6.45) is 0.800. The molecule has 1 aromatic carbocycles. The number of thiazole rings is 1. The van der Waals surface area contributed by atoms with Gasteiger partial charge in [0.2, 0.25) is 5.13 Å². The number of hydrogen-bond donors (Lipinski definition) is 1. The smallest absolute Gasteiger partial charge is 0.264 e. The number of carbonyl (C=O) groups excluding carboxylic acids is 1. The lowest BCUT2D eigenvalue weighted by Crippen LogP contribution is -2.20. The number of benzene rings is 1. The van der Waals surface area contributed by atoms with Gasteiger partial charge in [0.25, 0.3) is 5.91 Å². The molecule has 0 bridgehead atoms. The predicted octanol–water partition coefficient (Wildman–Crippen LogP) is 4.25. The highest BCUT2D eigenvalue weighted by Gasteiger charge is 2.14. The number of ether oxygens (including phenoxy) is 1. The van der Waals surface area contributed by atoms with E-state index in [1.54, 1.807) is 22.7 Å². The summed E-state index contributed by atoms with van der Waals surface area (Å²) in [4.78, 5) is 16.7. The Balaban J connectivity index is 1.53. The molecule has 4 aromatic rings. The molecule has 25 heavy (non-hydrogen) atoms. The van der Waals surface area contributed by atoms with Crippen LogP contribution in [0, 0.1) is 6.92 Å². The second-order valence-electron chi connectivity index (χ2n) is 5.31. The fourth-order valence-corrected chi connectivity index (χ4v) is 4.98. The maximum Gasteiger partial charge on any atom is 0.264 e. The fourth-order valence-electron chi connectivity index (χ4n) is 2.45. The third-order valence-electron chi connectivity index (χ3n) is 3.54. The first-order valence-electron chi connectivity index (χ1n) is 7.66. The van der Waals surface area contributed by atoms with E-state index in [9.17, 15) is 4.79 Å². The number of aromatic nitrogens is 3. The van der Waals surface area contributed by atoms with Crippen LogP contribution in [0.3, 0.4) is 0 Å². The summed E-state index contributed by atoms with van der Waals surface area (Å²) < 4.78 is 7.95. The van der Waals surface area contributed by atoms with Gasteiger partial charge in [-0.2, -0.15) is 0 Å². The molecule has 0 spiro atoms. The van der Waals surface area contributed by atoms with Gasteiger partial charge >= 0.3 is 0 Å². The first kappa shape index (κ1) is 16.4. The number of carbonyl (C=O) groups is 1. The maximum atomic E-state index is 12.1. The molecule has 0 unspecified atom stereocenters. The molecule has 0 aliphatic heterocycles. The van der Waals surface area contributed by atoms with Gasteiger partial charge in [0.15, 0.2) is 6.61 Å². The summed E-state index contributed by atoms with van der Waals surface area (Å²) in [5.74, 6) is 0.455. The van der Waals surface area contributed by atoms with Crippen molar-refractivity contribution in [1.82, 2.24) is 15.2 Å². The third-order valence-corrected chi connectivity index (χ3v) is 6.36. The van der Waals surface area contributed by atoms with Gasteiger partial charge in [-0.05, 0) is 24.8 Å². The molecule has 0 atom stereocenters. The zero-order valence-electron chi connectivity index (χ0n) is 13.5. The monoisotopic (exact) mass is 390 g/mol. The van der Waals surface area contributed by atoms with Crippen LogP contribution >= 0.6 is 34.0 Å². The number of aryl methyl sites for hydroxylation is 2. The summed E-state index contributed by atoms with van der Waals surface area (Å²) in [5, 5.41) is 16.1. The molecular weight excluding hydrogens is 376 g/mol. The number of nitrogens with zero attached hydrogens (tertiary/aromatic N) is 3. The van der Waals surface area contributed by atoms with Crippen molar-refractivity contribution in [3.63, 3.8) is 0 Å². The molecule has 4 rings (SSSR count). The number of anilines is 1. The van der Waals surface area contributed by atoms with Crippen molar-refractivity contribution in [3.05, 3.63) is 27.5 Å². The van der Waals surface area contributed by atoms with Crippen LogP contribution in [0.2, 0.25) is 0 Å². The van der Waals surface area contributed by atoms with Crippen LogP contribution in [0.15, 0.2) is 17.5 Å². The molecule has 0 fully saturated rings. The molecule has 3 aromatic heterocycles. The zero-order chi connectivity index (χ0) is 17.4. The van der Waals surface area contributed by atoms with Gasteiger partial charge in [-0.15, -0.1) is 32.9 Å². The number of amides is 1. The van der Waals surface area contributed by atoms with E-state index in [0.717, 1.165) is 36.7 Å². The molecule has 1 amide bonds. The Kier molecular flexibility index (Phi) is 4.36. The first-order valence-corrected chi connectivity index (χ1v) is 10.2. The maximum absolute atomic E-state index is 12.1. The van der Waals surface area contributed by atoms with Crippen molar-refractivity contribution in [3.8, 4) is 5.75 Å². The highest BCUT2D eigenvalue weighted by atomic mass is 32.1. The van der Waals surface area contributed by atoms with Gasteiger partial charge in [0.1, 0.15) is 10.8 Å². The Labute approximate surface area is 155 Å². The van der Waals surface area contributed by atoms with Crippen LogP contribution < -0.4 is 10.1 Å². The molecule has 0 saturated heterocycles. The third kappa shape index (κ3) is 3.22. The lowest BCUT2D eigenvalue weighted by molar-refractivity contribution is -0.118. The molecule has 0 aliphatic carbocycles. The van der Waals surface area contributed by atoms with E-state index >= 15 is 0 Å². The number of fused-ring (bicyclic) bond motifs is 3. The lowest BCUT2D eigenvalue weighted by Gasteiger charge is -2.07. The number of rotatable bonds is 5. The van der Waals surface area contributed by atoms with Gasteiger partial charge < -0.3 is 4.74 Å². The molecular formula is C16H14N4O2S3.